The molecule has 3 aromatic rings. The van der Waals surface area contributed by atoms with Crippen molar-refractivity contribution in [2.75, 3.05) is 13.3 Å². The highest BCUT2D eigenvalue weighted by molar-refractivity contribution is 7.93. The summed E-state index contributed by atoms with van der Waals surface area (Å²) < 4.78 is 36.9. The lowest BCUT2D eigenvalue weighted by Crippen LogP contribution is -2.31. The minimum absolute atomic E-state index is 0.0198. The summed E-state index contributed by atoms with van der Waals surface area (Å²) in [6.45, 7) is 0.105. The fourth-order valence-electron chi connectivity index (χ4n) is 2.73. The van der Waals surface area contributed by atoms with Crippen molar-refractivity contribution in [2.24, 2.45) is 0 Å². The van der Waals surface area contributed by atoms with Crippen LogP contribution in [0.25, 0.3) is 0 Å². The topological polar surface area (TPSA) is 81.7 Å². The molecule has 9 heteroatoms. The lowest BCUT2D eigenvalue weighted by atomic mass is 10.2. The van der Waals surface area contributed by atoms with Gasteiger partial charge in [0.25, 0.3) is 5.91 Å². The Kier molecular flexibility index (Phi) is 4.90. The molecule has 1 aromatic carbocycles. The molecule has 1 aliphatic rings. The van der Waals surface area contributed by atoms with E-state index in [0.717, 1.165) is 0 Å². The number of carbonyl (C=O) groups excluding carboxylic acids is 1. The van der Waals surface area contributed by atoms with E-state index in [1.165, 1.54) is 22.7 Å². The maximum absolute atomic E-state index is 13.0. The van der Waals surface area contributed by atoms with Crippen LogP contribution in [-0.4, -0.2) is 27.7 Å². The predicted octanol–water partition coefficient (Wildman–Crippen LogP) is 3.48. The van der Waals surface area contributed by atoms with Gasteiger partial charge in [-0.05, 0) is 41.1 Å². The third-order valence-corrected chi connectivity index (χ3v) is 8.74. The van der Waals surface area contributed by atoms with Gasteiger partial charge >= 0.3 is 0 Å². The number of fused-ring (bicyclic) bond motifs is 1. The van der Waals surface area contributed by atoms with Crippen LogP contribution in [0.3, 0.4) is 0 Å². The molecule has 0 saturated carbocycles. The first-order valence-electron chi connectivity index (χ1n) is 8.04. The molecule has 0 spiro atoms. The van der Waals surface area contributed by atoms with Crippen LogP contribution in [0.15, 0.2) is 57.4 Å². The van der Waals surface area contributed by atoms with Gasteiger partial charge in [0.2, 0.25) is 6.79 Å². The van der Waals surface area contributed by atoms with Crippen molar-refractivity contribution < 1.29 is 22.7 Å². The summed E-state index contributed by atoms with van der Waals surface area (Å²) >= 11 is 2.53. The van der Waals surface area contributed by atoms with Gasteiger partial charge in [-0.25, -0.2) is 8.42 Å². The summed E-state index contributed by atoms with van der Waals surface area (Å²) in [5.74, 6) is 0.725. The molecule has 6 nitrogen and oxygen atoms in total. The molecule has 0 aliphatic carbocycles. The number of nitrogens with one attached hydrogen (secondary N) is 1. The Bertz CT molecular complexity index is 1040. The largest absolute Gasteiger partial charge is 0.454 e. The van der Waals surface area contributed by atoms with E-state index in [0.29, 0.717) is 26.1 Å². The van der Waals surface area contributed by atoms with Crippen LogP contribution >= 0.6 is 22.7 Å². The van der Waals surface area contributed by atoms with E-state index in [-0.39, 0.29) is 19.2 Å². The molecule has 140 valence electrons. The zero-order valence-corrected chi connectivity index (χ0v) is 16.4. The first-order valence-corrected chi connectivity index (χ1v) is 11.3. The Hall–Kier alpha value is -2.36. The summed E-state index contributed by atoms with van der Waals surface area (Å²) in [5.41, 5.74) is 0.387. The van der Waals surface area contributed by atoms with Gasteiger partial charge in [-0.1, -0.05) is 12.1 Å². The summed E-state index contributed by atoms with van der Waals surface area (Å²) in [5, 5.41) is 5.46. The lowest BCUT2D eigenvalue weighted by Gasteiger charge is -2.16. The molecule has 0 fully saturated rings. The van der Waals surface area contributed by atoms with Crippen LogP contribution in [0.2, 0.25) is 0 Å². The van der Waals surface area contributed by atoms with Crippen molar-refractivity contribution in [1.29, 1.82) is 0 Å². The normalized spacial score (nSPS) is 14.1. The average molecular weight is 422 g/mol. The van der Waals surface area contributed by atoms with Gasteiger partial charge in [0.1, 0.15) is 9.46 Å². The van der Waals surface area contributed by atoms with Crippen molar-refractivity contribution in [3.8, 4) is 11.5 Å². The summed E-state index contributed by atoms with van der Waals surface area (Å²) in [6.07, 6.45) is 0. The third-order valence-electron chi connectivity index (χ3n) is 4.09. The number of amides is 1. The molecule has 1 aliphatic heterocycles. The highest BCUT2D eigenvalue weighted by Gasteiger charge is 2.31. The number of sulfone groups is 1. The Morgan fingerprint density at radius 3 is 2.59 bits per heavy atom. The van der Waals surface area contributed by atoms with Crippen LogP contribution in [-0.2, 0) is 9.84 Å². The molecule has 4 rings (SSSR count). The quantitative estimate of drug-likeness (QED) is 0.659. The van der Waals surface area contributed by atoms with Gasteiger partial charge in [-0.15, -0.1) is 22.7 Å². The molecule has 0 unspecified atom stereocenters. The van der Waals surface area contributed by atoms with Gasteiger partial charge in [-0.3, -0.25) is 4.79 Å². The molecule has 1 N–H and O–H groups in total. The first kappa shape index (κ1) is 18.0. The van der Waals surface area contributed by atoms with E-state index in [1.54, 1.807) is 47.8 Å². The lowest BCUT2D eigenvalue weighted by molar-refractivity contribution is 0.0953. The van der Waals surface area contributed by atoms with Crippen LogP contribution in [0.1, 0.15) is 20.5 Å². The zero-order chi connectivity index (χ0) is 18.9. The van der Waals surface area contributed by atoms with E-state index in [2.05, 4.69) is 5.32 Å². The number of thiophene rings is 2. The van der Waals surface area contributed by atoms with Crippen molar-refractivity contribution >= 4 is 38.4 Å². The SMILES string of the molecule is O=C(NC[C@@H](c1cccs1)S(=O)(=O)c1cccs1)c1ccc2c(c1)OCO2. The van der Waals surface area contributed by atoms with Crippen LogP contribution in [0.4, 0.5) is 0 Å². The van der Waals surface area contributed by atoms with Gasteiger partial charge in [-0.2, -0.15) is 0 Å². The van der Waals surface area contributed by atoms with E-state index in [4.69, 9.17) is 9.47 Å². The molecule has 3 heterocycles. The Morgan fingerprint density at radius 1 is 1.07 bits per heavy atom. The number of ether oxygens (including phenoxy) is 2. The fraction of sp³-hybridized carbons (Fsp3) is 0.167. The van der Waals surface area contributed by atoms with Crippen molar-refractivity contribution in [3.05, 3.63) is 63.7 Å². The van der Waals surface area contributed by atoms with Crippen molar-refractivity contribution in [1.82, 2.24) is 5.32 Å². The minimum Gasteiger partial charge on any atom is -0.454 e. The zero-order valence-electron chi connectivity index (χ0n) is 14.0. The molecule has 1 amide bonds. The maximum Gasteiger partial charge on any atom is 0.251 e. The van der Waals surface area contributed by atoms with Crippen molar-refractivity contribution in [3.63, 3.8) is 0 Å². The van der Waals surface area contributed by atoms with E-state index in [9.17, 15) is 13.2 Å². The second-order valence-electron chi connectivity index (χ2n) is 5.76. The maximum atomic E-state index is 13.0. The Labute approximate surface area is 164 Å². The minimum atomic E-state index is -3.60. The number of benzene rings is 1. The van der Waals surface area contributed by atoms with Gasteiger partial charge in [0.05, 0.1) is 0 Å². The van der Waals surface area contributed by atoms with Crippen molar-refractivity contribution in [2.45, 2.75) is 9.46 Å². The molecule has 1 atom stereocenters. The van der Waals surface area contributed by atoms with E-state index >= 15 is 0 Å². The predicted molar refractivity (Wildman–Crippen MR) is 103 cm³/mol. The Morgan fingerprint density at radius 2 is 1.85 bits per heavy atom. The molecular formula is C18H15NO5S3. The second-order valence-corrected chi connectivity index (χ2v) is 10.0. The highest BCUT2D eigenvalue weighted by Crippen LogP contribution is 2.34. The average Bonchev–Trinajstić information content (AvgIpc) is 3.42. The molecule has 2 aromatic heterocycles. The van der Waals surface area contributed by atoms with Gasteiger partial charge < -0.3 is 14.8 Å². The molecular weight excluding hydrogens is 406 g/mol. The molecule has 0 bridgehead atoms. The van der Waals surface area contributed by atoms with E-state index < -0.39 is 15.1 Å². The van der Waals surface area contributed by atoms with Crippen LogP contribution in [0.5, 0.6) is 11.5 Å². The van der Waals surface area contributed by atoms with E-state index in [1.807, 2.05) is 5.38 Å². The summed E-state index contributed by atoms with van der Waals surface area (Å²) in [6, 6.07) is 11.7. The highest BCUT2D eigenvalue weighted by atomic mass is 32.2. The summed E-state index contributed by atoms with van der Waals surface area (Å²) in [7, 11) is -3.60. The van der Waals surface area contributed by atoms with Gasteiger partial charge in [0, 0.05) is 17.0 Å². The number of rotatable bonds is 6. The second kappa shape index (κ2) is 7.34. The standard InChI is InChI=1S/C18H15NO5S3/c20-18(12-5-6-13-14(9-12)24-11-23-13)19-10-16(15-3-1-7-25-15)27(21,22)17-4-2-8-26-17/h1-9,16H,10-11H2,(H,19,20)/t16-/m0/s1. The number of carbonyl (C=O) groups is 1. The van der Waals surface area contributed by atoms with Gasteiger partial charge in [0.15, 0.2) is 21.3 Å². The monoisotopic (exact) mass is 421 g/mol. The Balaban J connectivity index is 1.55. The molecule has 0 saturated heterocycles. The molecule has 27 heavy (non-hydrogen) atoms. The van der Waals surface area contributed by atoms with Crippen LogP contribution in [0, 0.1) is 0 Å². The third kappa shape index (κ3) is 3.58. The number of hydrogen-bond acceptors (Lipinski definition) is 7. The first-order chi connectivity index (χ1) is 13.1. The smallest absolute Gasteiger partial charge is 0.251 e. The molecule has 0 radical (unpaired) electrons. The summed E-state index contributed by atoms with van der Waals surface area (Å²) in [4.78, 5) is 13.2. The fourth-order valence-corrected chi connectivity index (χ4v) is 6.72. The van der Waals surface area contributed by atoms with Crippen LogP contribution < -0.4 is 14.8 Å². The number of hydrogen-bond donors (Lipinski definition) is 1.